The van der Waals surface area contributed by atoms with Gasteiger partial charge in [-0.05, 0) is 68.9 Å². The van der Waals surface area contributed by atoms with Crippen molar-refractivity contribution < 1.29 is 0 Å². The molecule has 3 fully saturated rings. The molecule has 2 aliphatic carbocycles. The third-order valence-electron chi connectivity index (χ3n) is 7.01. The predicted molar refractivity (Wildman–Crippen MR) is 81.3 cm³/mol. The molecule has 0 amide bonds. The maximum absolute atomic E-state index is 3.99. The van der Waals surface area contributed by atoms with Gasteiger partial charge < -0.3 is 10.2 Å². The standard InChI is InChI=1S/C17H32N2/c1-13(12-19-9-5-6-10-19)18-15-11-14-7-8-17(15,4)16(14,2)3/h13-15,18H,5-12H2,1-4H3. The van der Waals surface area contributed by atoms with Gasteiger partial charge in [0.1, 0.15) is 0 Å². The number of fused-ring (bicyclic) bond motifs is 2. The number of likely N-dealkylation sites (tertiary alicyclic amines) is 1. The Hall–Kier alpha value is -0.0800. The number of hydrogen-bond donors (Lipinski definition) is 1. The Kier molecular flexibility index (Phi) is 3.46. The molecule has 2 saturated carbocycles. The largest absolute Gasteiger partial charge is 0.310 e. The van der Waals surface area contributed by atoms with Crippen LogP contribution in [-0.2, 0) is 0 Å². The number of hydrogen-bond acceptors (Lipinski definition) is 2. The predicted octanol–water partition coefficient (Wildman–Crippen LogP) is 3.28. The fourth-order valence-electron chi connectivity index (χ4n) is 5.20. The van der Waals surface area contributed by atoms with Gasteiger partial charge >= 0.3 is 0 Å². The molecule has 0 radical (unpaired) electrons. The Morgan fingerprint density at radius 2 is 1.89 bits per heavy atom. The zero-order chi connectivity index (χ0) is 13.7. The molecular formula is C17H32N2. The maximum Gasteiger partial charge on any atom is 0.0169 e. The van der Waals surface area contributed by atoms with E-state index in [-0.39, 0.29) is 0 Å². The minimum Gasteiger partial charge on any atom is -0.310 e. The minimum absolute atomic E-state index is 0.525. The Labute approximate surface area is 119 Å². The first kappa shape index (κ1) is 13.9. The summed E-state index contributed by atoms with van der Waals surface area (Å²) in [6, 6.07) is 1.40. The van der Waals surface area contributed by atoms with Crippen molar-refractivity contribution in [3.63, 3.8) is 0 Å². The molecular weight excluding hydrogens is 232 g/mol. The second kappa shape index (κ2) is 4.73. The van der Waals surface area contributed by atoms with Gasteiger partial charge in [-0.25, -0.2) is 0 Å². The summed E-state index contributed by atoms with van der Waals surface area (Å²) in [7, 11) is 0. The van der Waals surface area contributed by atoms with E-state index in [0.717, 1.165) is 12.0 Å². The fraction of sp³-hybridized carbons (Fsp3) is 1.00. The van der Waals surface area contributed by atoms with Gasteiger partial charge in [-0.1, -0.05) is 20.8 Å². The van der Waals surface area contributed by atoms with Crippen LogP contribution in [0.4, 0.5) is 0 Å². The maximum atomic E-state index is 3.99. The van der Waals surface area contributed by atoms with Crippen LogP contribution in [0, 0.1) is 16.7 Å². The zero-order valence-electron chi connectivity index (χ0n) is 13.3. The molecule has 110 valence electrons. The molecule has 2 heteroatoms. The normalized spacial score (nSPS) is 42.9. The molecule has 1 N–H and O–H groups in total. The van der Waals surface area contributed by atoms with E-state index in [1.807, 2.05) is 0 Å². The Morgan fingerprint density at radius 3 is 2.42 bits per heavy atom. The lowest BCUT2D eigenvalue weighted by Crippen LogP contribution is -2.50. The third-order valence-corrected chi connectivity index (χ3v) is 7.01. The van der Waals surface area contributed by atoms with Crippen LogP contribution >= 0.6 is 0 Å². The van der Waals surface area contributed by atoms with E-state index < -0.39 is 0 Å². The van der Waals surface area contributed by atoms with Crippen LogP contribution in [0.1, 0.15) is 59.8 Å². The van der Waals surface area contributed by atoms with E-state index in [2.05, 4.69) is 37.9 Å². The topological polar surface area (TPSA) is 15.3 Å². The molecule has 2 nitrogen and oxygen atoms in total. The molecule has 3 aliphatic rings. The third kappa shape index (κ3) is 2.15. The first-order chi connectivity index (χ1) is 8.93. The molecule has 1 heterocycles. The van der Waals surface area contributed by atoms with Crippen molar-refractivity contribution in [2.45, 2.75) is 71.9 Å². The van der Waals surface area contributed by atoms with Gasteiger partial charge in [0.05, 0.1) is 0 Å². The molecule has 4 atom stereocenters. The van der Waals surface area contributed by atoms with E-state index in [9.17, 15) is 0 Å². The number of nitrogens with one attached hydrogen (secondary N) is 1. The second-order valence-corrected chi connectivity index (χ2v) is 8.24. The summed E-state index contributed by atoms with van der Waals surface area (Å²) >= 11 is 0. The molecule has 0 aromatic rings. The molecule has 0 spiro atoms. The number of rotatable bonds is 4. The molecule has 3 rings (SSSR count). The van der Waals surface area contributed by atoms with E-state index in [4.69, 9.17) is 0 Å². The van der Waals surface area contributed by atoms with Crippen LogP contribution in [0.2, 0.25) is 0 Å². The number of nitrogens with zero attached hydrogens (tertiary/aromatic N) is 1. The summed E-state index contributed by atoms with van der Waals surface area (Å²) in [5.74, 6) is 0.953. The highest BCUT2D eigenvalue weighted by atomic mass is 15.2. The smallest absolute Gasteiger partial charge is 0.0169 e. The first-order valence-electron chi connectivity index (χ1n) is 8.42. The van der Waals surface area contributed by atoms with Crippen LogP contribution in [-0.4, -0.2) is 36.6 Å². The van der Waals surface area contributed by atoms with E-state index in [1.54, 1.807) is 0 Å². The van der Waals surface area contributed by atoms with Crippen molar-refractivity contribution in [3.8, 4) is 0 Å². The van der Waals surface area contributed by atoms with Crippen molar-refractivity contribution in [1.29, 1.82) is 0 Å². The average molecular weight is 264 g/mol. The van der Waals surface area contributed by atoms with Crippen molar-refractivity contribution in [3.05, 3.63) is 0 Å². The van der Waals surface area contributed by atoms with Gasteiger partial charge in [-0.15, -0.1) is 0 Å². The van der Waals surface area contributed by atoms with Crippen molar-refractivity contribution in [2.75, 3.05) is 19.6 Å². The second-order valence-electron chi connectivity index (χ2n) is 8.24. The van der Waals surface area contributed by atoms with Crippen LogP contribution < -0.4 is 5.32 Å². The summed E-state index contributed by atoms with van der Waals surface area (Å²) in [6.45, 7) is 13.8. The van der Waals surface area contributed by atoms with Crippen molar-refractivity contribution in [1.82, 2.24) is 10.2 Å². The van der Waals surface area contributed by atoms with Gasteiger partial charge in [-0.2, -0.15) is 0 Å². The molecule has 1 aliphatic heterocycles. The van der Waals surface area contributed by atoms with Crippen LogP contribution in [0.15, 0.2) is 0 Å². The molecule has 19 heavy (non-hydrogen) atoms. The Morgan fingerprint density at radius 1 is 1.21 bits per heavy atom. The lowest BCUT2D eigenvalue weighted by molar-refractivity contribution is 0.113. The highest BCUT2D eigenvalue weighted by Crippen LogP contribution is 2.65. The summed E-state index contributed by atoms with van der Waals surface area (Å²) in [5, 5.41) is 3.99. The van der Waals surface area contributed by atoms with Gasteiger partial charge in [0.25, 0.3) is 0 Å². The highest BCUT2D eigenvalue weighted by Gasteiger charge is 2.61. The minimum atomic E-state index is 0.525. The van der Waals surface area contributed by atoms with Gasteiger partial charge in [0, 0.05) is 18.6 Å². The molecule has 0 aromatic carbocycles. The van der Waals surface area contributed by atoms with E-state index in [0.29, 0.717) is 16.9 Å². The van der Waals surface area contributed by atoms with Crippen molar-refractivity contribution >= 4 is 0 Å². The lowest BCUT2D eigenvalue weighted by Gasteiger charge is -2.41. The summed E-state index contributed by atoms with van der Waals surface area (Å²) in [6.07, 6.45) is 7.11. The van der Waals surface area contributed by atoms with Crippen molar-refractivity contribution in [2.24, 2.45) is 16.7 Å². The van der Waals surface area contributed by atoms with Gasteiger partial charge in [0.2, 0.25) is 0 Å². The van der Waals surface area contributed by atoms with Crippen LogP contribution in [0.25, 0.3) is 0 Å². The summed E-state index contributed by atoms with van der Waals surface area (Å²) in [4.78, 5) is 2.64. The van der Waals surface area contributed by atoms with Crippen LogP contribution in [0.3, 0.4) is 0 Å². The average Bonchev–Trinajstić information content (AvgIpc) is 2.95. The van der Waals surface area contributed by atoms with Crippen LogP contribution in [0.5, 0.6) is 0 Å². The quantitative estimate of drug-likeness (QED) is 0.838. The van der Waals surface area contributed by atoms with E-state index in [1.165, 1.54) is 51.7 Å². The monoisotopic (exact) mass is 264 g/mol. The summed E-state index contributed by atoms with van der Waals surface area (Å²) < 4.78 is 0. The lowest BCUT2D eigenvalue weighted by atomic mass is 9.69. The Balaban J connectivity index is 1.58. The van der Waals surface area contributed by atoms with E-state index >= 15 is 0 Å². The first-order valence-corrected chi connectivity index (χ1v) is 8.42. The molecule has 0 aromatic heterocycles. The Bertz CT molecular complexity index is 332. The molecule has 2 bridgehead atoms. The van der Waals surface area contributed by atoms with Gasteiger partial charge in [-0.3, -0.25) is 0 Å². The SMILES string of the molecule is CC(CN1CCCC1)NC1CC2CCC1(C)C2(C)C. The summed E-state index contributed by atoms with van der Waals surface area (Å²) in [5.41, 5.74) is 1.06. The van der Waals surface area contributed by atoms with Gasteiger partial charge in [0.15, 0.2) is 0 Å². The zero-order valence-corrected chi connectivity index (χ0v) is 13.3. The fourth-order valence-corrected chi connectivity index (χ4v) is 5.20. The molecule has 4 unspecified atom stereocenters. The molecule has 1 saturated heterocycles. The highest BCUT2D eigenvalue weighted by molar-refractivity contribution is 5.13.